The predicted molar refractivity (Wildman–Crippen MR) is 57.4 cm³/mol. The van der Waals surface area contributed by atoms with Crippen LogP contribution >= 0.6 is 0 Å². The molecule has 15 heavy (non-hydrogen) atoms. The second kappa shape index (κ2) is 4.94. The monoisotopic (exact) mass is 212 g/mol. The number of aliphatic hydroxyl groups is 1. The van der Waals surface area contributed by atoms with Crippen LogP contribution in [-0.2, 0) is 4.79 Å². The number of aliphatic hydroxyl groups excluding tert-OH is 1. The van der Waals surface area contributed by atoms with Crippen LogP contribution in [0.5, 0.6) is 0 Å². The molecule has 2 aliphatic rings. The van der Waals surface area contributed by atoms with Crippen LogP contribution in [0.1, 0.15) is 25.7 Å². The Morgan fingerprint density at radius 3 is 2.87 bits per heavy atom. The lowest BCUT2D eigenvalue weighted by Crippen LogP contribution is -2.45. The summed E-state index contributed by atoms with van der Waals surface area (Å²) in [5.41, 5.74) is 0. The van der Waals surface area contributed by atoms with Crippen LogP contribution < -0.4 is 5.32 Å². The molecule has 2 rings (SSSR count). The second-order valence-corrected chi connectivity index (χ2v) is 4.71. The van der Waals surface area contributed by atoms with Gasteiger partial charge in [0.1, 0.15) is 0 Å². The highest BCUT2D eigenvalue weighted by atomic mass is 16.3. The molecule has 1 heterocycles. The van der Waals surface area contributed by atoms with Crippen LogP contribution in [0.25, 0.3) is 0 Å². The van der Waals surface area contributed by atoms with Crippen molar-refractivity contribution in [2.45, 2.75) is 31.8 Å². The fraction of sp³-hybridized carbons (Fsp3) is 0.909. The number of likely N-dealkylation sites (tertiary alicyclic amines) is 1. The minimum atomic E-state index is -0.314. The summed E-state index contributed by atoms with van der Waals surface area (Å²) in [4.78, 5) is 13.5. The molecule has 1 aliphatic carbocycles. The first kappa shape index (κ1) is 10.9. The zero-order valence-corrected chi connectivity index (χ0v) is 9.11. The van der Waals surface area contributed by atoms with Gasteiger partial charge in [0.05, 0.1) is 12.6 Å². The van der Waals surface area contributed by atoms with Crippen molar-refractivity contribution in [1.82, 2.24) is 10.2 Å². The van der Waals surface area contributed by atoms with E-state index in [-0.39, 0.29) is 12.0 Å². The molecule has 4 heteroatoms. The van der Waals surface area contributed by atoms with Gasteiger partial charge in [-0.2, -0.15) is 0 Å². The van der Waals surface area contributed by atoms with Crippen LogP contribution in [0.15, 0.2) is 0 Å². The SMILES string of the molecule is O=C(CNCC1CC1)N1CCCC(O)C1. The Balaban J connectivity index is 1.64. The van der Waals surface area contributed by atoms with E-state index in [0.29, 0.717) is 13.1 Å². The van der Waals surface area contributed by atoms with Gasteiger partial charge in [0.2, 0.25) is 5.91 Å². The van der Waals surface area contributed by atoms with E-state index in [1.807, 2.05) is 0 Å². The molecular weight excluding hydrogens is 192 g/mol. The number of β-amino-alcohol motifs (C(OH)–C–C–N with tert-alkyl or cyclic N) is 1. The lowest BCUT2D eigenvalue weighted by molar-refractivity contribution is -0.133. The minimum Gasteiger partial charge on any atom is -0.391 e. The summed E-state index contributed by atoms with van der Waals surface area (Å²) < 4.78 is 0. The first-order valence-corrected chi connectivity index (χ1v) is 5.92. The van der Waals surface area contributed by atoms with Crippen LogP contribution in [0.4, 0.5) is 0 Å². The molecule has 0 aromatic rings. The number of hydrogen-bond acceptors (Lipinski definition) is 3. The Labute approximate surface area is 90.6 Å². The van der Waals surface area contributed by atoms with Gasteiger partial charge in [-0.1, -0.05) is 0 Å². The molecule has 1 aliphatic heterocycles. The topological polar surface area (TPSA) is 52.6 Å². The minimum absolute atomic E-state index is 0.134. The number of nitrogens with one attached hydrogen (secondary N) is 1. The molecule has 0 aromatic heterocycles. The molecule has 1 amide bonds. The third kappa shape index (κ3) is 3.47. The van der Waals surface area contributed by atoms with Gasteiger partial charge in [-0.05, 0) is 38.1 Å². The summed E-state index contributed by atoms with van der Waals surface area (Å²) in [7, 11) is 0. The third-order valence-corrected chi connectivity index (χ3v) is 3.16. The van der Waals surface area contributed by atoms with Gasteiger partial charge in [-0.15, -0.1) is 0 Å². The van der Waals surface area contributed by atoms with Gasteiger partial charge in [0.15, 0.2) is 0 Å². The standard InChI is InChI=1S/C11H20N2O2/c14-10-2-1-5-13(8-10)11(15)7-12-6-9-3-4-9/h9-10,12,14H,1-8H2. The fourth-order valence-corrected chi connectivity index (χ4v) is 2.00. The highest BCUT2D eigenvalue weighted by Crippen LogP contribution is 2.27. The van der Waals surface area contributed by atoms with Gasteiger partial charge in [0.25, 0.3) is 0 Å². The maximum Gasteiger partial charge on any atom is 0.236 e. The molecule has 1 atom stereocenters. The summed E-state index contributed by atoms with van der Waals surface area (Å²) in [6.45, 7) is 2.73. The number of piperidine rings is 1. The second-order valence-electron chi connectivity index (χ2n) is 4.71. The normalized spacial score (nSPS) is 26.7. The lowest BCUT2D eigenvalue weighted by Gasteiger charge is -2.30. The largest absolute Gasteiger partial charge is 0.391 e. The molecule has 1 unspecified atom stereocenters. The molecule has 0 radical (unpaired) electrons. The van der Waals surface area contributed by atoms with Gasteiger partial charge >= 0.3 is 0 Å². The summed E-state index contributed by atoms with van der Waals surface area (Å²) in [5.74, 6) is 0.944. The van der Waals surface area contributed by atoms with Crippen LogP contribution in [0.3, 0.4) is 0 Å². The number of carbonyl (C=O) groups is 1. The number of amides is 1. The Kier molecular flexibility index (Phi) is 3.59. The number of rotatable bonds is 4. The molecular formula is C11H20N2O2. The zero-order chi connectivity index (χ0) is 10.7. The van der Waals surface area contributed by atoms with Gasteiger partial charge < -0.3 is 15.3 Å². The van der Waals surface area contributed by atoms with E-state index in [9.17, 15) is 9.90 Å². The van der Waals surface area contributed by atoms with Crippen molar-refractivity contribution >= 4 is 5.91 Å². The van der Waals surface area contributed by atoms with Crippen molar-refractivity contribution in [2.75, 3.05) is 26.2 Å². The maximum absolute atomic E-state index is 11.7. The molecule has 2 N–H and O–H groups in total. The molecule has 1 saturated heterocycles. The number of nitrogens with zero attached hydrogens (tertiary/aromatic N) is 1. The van der Waals surface area contributed by atoms with Crippen molar-refractivity contribution < 1.29 is 9.90 Å². The van der Waals surface area contributed by atoms with E-state index in [1.165, 1.54) is 12.8 Å². The van der Waals surface area contributed by atoms with E-state index in [1.54, 1.807) is 4.90 Å². The predicted octanol–water partition coefficient (Wildman–Crippen LogP) is -0.0307. The Hall–Kier alpha value is -0.610. The summed E-state index contributed by atoms with van der Waals surface area (Å²) in [6.07, 6.45) is 4.06. The third-order valence-electron chi connectivity index (χ3n) is 3.16. The van der Waals surface area contributed by atoms with Crippen LogP contribution in [-0.4, -0.2) is 48.2 Å². The van der Waals surface area contributed by atoms with E-state index in [0.717, 1.165) is 31.8 Å². The lowest BCUT2D eigenvalue weighted by atomic mass is 10.1. The highest BCUT2D eigenvalue weighted by molar-refractivity contribution is 5.78. The highest BCUT2D eigenvalue weighted by Gasteiger charge is 2.23. The van der Waals surface area contributed by atoms with Crippen molar-refractivity contribution in [1.29, 1.82) is 0 Å². The smallest absolute Gasteiger partial charge is 0.236 e. The van der Waals surface area contributed by atoms with Gasteiger partial charge in [0, 0.05) is 13.1 Å². The number of hydrogen-bond donors (Lipinski definition) is 2. The molecule has 0 bridgehead atoms. The number of carbonyl (C=O) groups excluding carboxylic acids is 1. The van der Waals surface area contributed by atoms with E-state index < -0.39 is 0 Å². The molecule has 2 fully saturated rings. The fourth-order valence-electron chi connectivity index (χ4n) is 2.00. The maximum atomic E-state index is 11.7. The first-order valence-electron chi connectivity index (χ1n) is 5.92. The summed E-state index contributed by atoms with van der Waals surface area (Å²) in [6, 6.07) is 0. The van der Waals surface area contributed by atoms with Crippen LogP contribution in [0, 0.1) is 5.92 Å². The molecule has 1 saturated carbocycles. The first-order chi connectivity index (χ1) is 7.25. The molecule has 4 nitrogen and oxygen atoms in total. The molecule has 86 valence electrons. The Morgan fingerprint density at radius 1 is 1.40 bits per heavy atom. The van der Waals surface area contributed by atoms with Crippen molar-refractivity contribution in [2.24, 2.45) is 5.92 Å². The van der Waals surface area contributed by atoms with Crippen LogP contribution in [0.2, 0.25) is 0 Å². The van der Waals surface area contributed by atoms with E-state index in [2.05, 4.69) is 5.32 Å². The molecule has 0 aromatic carbocycles. The zero-order valence-electron chi connectivity index (χ0n) is 9.11. The average Bonchev–Trinajstić information content (AvgIpc) is 3.01. The van der Waals surface area contributed by atoms with Crippen molar-refractivity contribution in [3.05, 3.63) is 0 Å². The van der Waals surface area contributed by atoms with Crippen molar-refractivity contribution in [3.63, 3.8) is 0 Å². The molecule has 0 spiro atoms. The van der Waals surface area contributed by atoms with Crippen molar-refractivity contribution in [3.8, 4) is 0 Å². The Morgan fingerprint density at radius 2 is 2.20 bits per heavy atom. The van der Waals surface area contributed by atoms with Gasteiger partial charge in [-0.25, -0.2) is 0 Å². The quantitative estimate of drug-likeness (QED) is 0.688. The summed E-state index contributed by atoms with van der Waals surface area (Å²) >= 11 is 0. The van der Waals surface area contributed by atoms with E-state index in [4.69, 9.17) is 0 Å². The van der Waals surface area contributed by atoms with E-state index >= 15 is 0 Å². The average molecular weight is 212 g/mol. The summed E-state index contributed by atoms with van der Waals surface area (Å²) in [5, 5.41) is 12.6. The Bertz CT molecular complexity index is 229. The van der Waals surface area contributed by atoms with Gasteiger partial charge in [-0.3, -0.25) is 4.79 Å².